The molecule has 4 nitrogen and oxygen atoms in total. The monoisotopic (exact) mass is 392 g/mol. The van der Waals surface area contributed by atoms with Crippen molar-refractivity contribution < 1.29 is 13.9 Å². The second-order valence-corrected chi connectivity index (χ2v) is 6.81. The van der Waals surface area contributed by atoms with E-state index in [0.29, 0.717) is 26.0 Å². The van der Waals surface area contributed by atoms with Crippen LogP contribution in [-0.4, -0.2) is 19.6 Å². The summed E-state index contributed by atoms with van der Waals surface area (Å²) in [6.07, 6.45) is 1.01. The minimum absolute atomic E-state index is 0.0758. The lowest BCUT2D eigenvalue weighted by atomic mass is 10.0. The molecule has 29 heavy (non-hydrogen) atoms. The molecular formula is C24H25FN2O2. The molecule has 0 saturated carbocycles. The minimum Gasteiger partial charge on any atom is -0.384 e. The lowest BCUT2D eigenvalue weighted by Gasteiger charge is -2.15. The van der Waals surface area contributed by atoms with Crippen LogP contribution in [0.1, 0.15) is 23.1 Å². The third-order valence-electron chi connectivity index (χ3n) is 4.56. The van der Waals surface area contributed by atoms with E-state index in [1.54, 1.807) is 19.2 Å². The Morgan fingerprint density at radius 3 is 2.45 bits per heavy atom. The predicted octanol–water partition coefficient (Wildman–Crippen LogP) is 5.00. The van der Waals surface area contributed by atoms with Crippen molar-refractivity contribution in [2.24, 2.45) is 0 Å². The van der Waals surface area contributed by atoms with E-state index in [-0.39, 0.29) is 11.7 Å². The molecule has 0 heterocycles. The Bertz CT molecular complexity index is 927. The van der Waals surface area contributed by atoms with Gasteiger partial charge in [0.05, 0.1) is 13.0 Å². The van der Waals surface area contributed by atoms with Crippen molar-refractivity contribution in [2.75, 3.05) is 24.4 Å². The Labute approximate surface area is 170 Å². The molecular weight excluding hydrogens is 367 g/mol. The lowest BCUT2D eigenvalue weighted by molar-refractivity contribution is -0.117. The van der Waals surface area contributed by atoms with Crippen molar-refractivity contribution >= 4 is 17.3 Å². The largest absolute Gasteiger partial charge is 0.384 e. The number of hydrogen-bond acceptors (Lipinski definition) is 3. The topological polar surface area (TPSA) is 50.4 Å². The number of amides is 1. The maximum Gasteiger partial charge on any atom is 0.226 e. The summed E-state index contributed by atoms with van der Waals surface area (Å²) in [4.78, 5) is 12.2. The van der Waals surface area contributed by atoms with E-state index in [4.69, 9.17) is 4.74 Å². The highest BCUT2D eigenvalue weighted by atomic mass is 19.1. The van der Waals surface area contributed by atoms with Crippen LogP contribution in [0.4, 0.5) is 15.8 Å². The quantitative estimate of drug-likeness (QED) is 0.539. The number of nitrogens with one attached hydrogen (secondary N) is 2. The molecule has 2 N–H and O–H groups in total. The molecule has 1 amide bonds. The number of halogens is 1. The van der Waals surface area contributed by atoms with E-state index in [1.165, 1.54) is 12.1 Å². The number of benzene rings is 3. The van der Waals surface area contributed by atoms with Gasteiger partial charge in [-0.2, -0.15) is 0 Å². The summed E-state index contributed by atoms with van der Waals surface area (Å²) in [6, 6.07) is 22.4. The number of rotatable bonds is 9. The van der Waals surface area contributed by atoms with Crippen LogP contribution >= 0.6 is 0 Å². The number of carbonyl (C=O) groups excluding carboxylic acids is 1. The molecule has 0 aliphatic heterocycles. The standard InChI is InChI=1S/C24H25FN2O2/c1-29-14-13-24(28)27-23-12-11-22(26-17-19-7-9-21(25)10-8-19)16-20(23)15-18-5-3-2-4-6-18/h2-12,16,26H,13-15,17H2,1H3,(H,27,28). The molecule has 0 radical (unpaired) electrons. The number of methoxy groups -OCH3 is 1. The van der Waals surface area contributed by atoms with Crippen LogP contribution in [0.5, 0.6) is 0 Å². The summed E-state index contributed by atoms with van der Waals surface area (Å²) in [5.41, 5.74) is 4.91. The van der Waals surface area contributed by atoms with E-state index in [1.807, 2.05) is 36.4 Å². The summed E-state index contributed by atoms with van der Waals surface area (Å²) < 4.78 is 18.1. The maximum absolute atomic E-state index is 13.1. The second-order valence-electron chi connectivity index (χ2n) is 6.81. The number of carbonyl (C=O) groups is 1. The van der Waals surface area contributed by atoms with Gasteiger partial charge < -0.3 is 15.4 Å². The summed E-state index contributed by atoms with van der Waals surface area (Å²) in [6.45, 7) is 0.974. The van der Waals surface area contributed by atoms with Gasteiger partial charge in [-0.25, -0.2) is 4.39 Å². The molecule has 0 aliphatic carbocycles. The molecule has 3 aromatic rings. The average Bonchev–Trinajstić information content (AvgIpc) is 2.74. The van der Waals surface area contributed by atoms with Gasteiger partial charge in [0.2, 0.25) is 5.91 Å². The average molecular weight is 392 g/mol. The molecule has 0 bridgehead atoms. The Morgan fingerprint density at radius 2 is 1.72 bits per heavy atom. The maximum atomic E-state index is 13.1. The van der Waals surface area contributed by atoms with E-state index in [2.05, 4.69) is 22.8 Å². The Balaban J connectivity index is 1.76. The first-order valence-electron chi connectivity index (χ1n) is 9.58. The Kier molecular flexibility index (Phi) is 7.36. The zero-order chi connectivity index (χ0) is 20.5. The van der Waals surface area contributed by atoms with Crippen molar-refractivity contribution in [2.45, 2.75) is 19.4 Å². The van der Waals surface area contributed by atoms with Crippen molar-refractivity contribution in [3.8, 4) is 0 Å². The molecule has 0 aliphatic rings. The summed E-state index contributed by atoms with van der Waals surface area (Å²) >= 11 is 0. The van der Waals surface area contributed by atoms with Crippen LogP contribution in [0.2, 0.25) is 0 Å². The van der Waals surface area contributed by atoms with E-state index < -0.39 is 0 Å². The third kappa shape index (κ3) is 6.43. The smallest absolute Gasteiger partial charge is 0.226 e. The van der Waals surface area contributed by atoms with Gasteiger partial charge in [-0.05, 0) is 53.4 Å². The van der Waals surface area contributed by atoms with Crippen LogP contribution < -0.4 is 10.6 Å². The predicted molar refractivity (Wildman–Crippen MR) is 115 cm³/mol. The first-order chi connectivity index (χ1) is 14.1. The van der Waals surface area contributed by atoms with Crippen LogP contribution in [0.25, 0.3) is 0 Å². The molecule has 150 valence electrons. The molecule has 3 rings (SSSR count). The van der Waals surface area contributed by atoms with Crippen LogP contribution in [0.3, 0.4) is 0 Å². The molecule has 0 saturated heterocycles. The molecule has 0 spiro atoms. The van der Waals surface area contributed by atoms with E-state index in [0.717, 1.165) is 28.1 Å². The van der Waals surface area contributed by atoms with E-state index >= 15 is 0 Å². The van der Waals surface area contributed by atoms with Crippen molar-refractivity contribution in [3.05, 3.63) is 95.3 Å². The Hall–Kier alpha value is -3.18. The van der Waals surface area contributed by atoms with E-state index in [9.17, 15) is 9.18 Å². The highest BCUT2D eigenvalue weighted by Gasteiger charge is 2.09. The fraction of sp³-hybridized carbons (Fsp3) is 0.208. The van der Waals surface area contributed by atoms with Crippen LogP contribution in [0.15, 0.2) is 72.8 Å². The van der Waals surface area contributed by atoms with Crippen molar-refractivity contribution in [3.63, 3.8) is 0 Å². The summed E-state index contributed by atoms with van der Waals surface area (Å²) in [5, 5.41) is 6.35. The molecule has 0 unspecified atom stereocenters. The van der Waals surface area contributed by atoms with Gasteiger partial charge in [0.25, 0.3) is 0 Å². The highest BCUT2D eigenvalue weighted by Crippen LogP contribution is 2.24. The van der Waals surface area contributed by atoms with Crippen molar-refractivity contribution in [1.29, 1.82) is 0 Å². The van der Waals surface area contributed by atoms with Crippen LogP contribution in [-0.2, 0) is 22.5 Å². The minimum atomic E-state index is -0.243. The van der Waals surface area contributed by atoms with Gasteiger partial charge in [-0.1, -0.05) is 42.5 Å². The summed E-state index contributed by atoms with van der Waals surface area (Å²) in [5.74, 6) is -0.319. The number of hydrogen-bond donors (Lipinski definition) is 2. The molecule has 3 aromatic carbocycles. The fourth-order valence-electron chi connectivity index (χ4n) is 3.00. The Morgan fingerprint density at radius 1 is 0.966 bits per heavy atom. The highest BCUT2D eigenvalue weighted by molar-refractivity contribution is 5.92. The second kappa shape index (κ2) is 10.4. The SMILES string of the molecule is COCCC(=O)Nc1ccc(NCc2ccc(F)cc2)cc1Cc1ccccc1. The zero-order valence-electron chi connectivity index (χ0n) is 16.5. The normalized spacial score (nSPS) is 10.6. The number of ether oxygens (including phenoxy) is 1. The van der Waals surface area contributed by atoms with Crippen molar-refractivity contribution in [1.82, 2.24) is 0 Å². The molecule has 0 aromatic heterocycles. The first-order valence-corrected chi connectivity index (χ1v) is 9.58. The molecule has 0 atom stereocenters. The number of anilines is 2. The fourth-order valence-corrected chi connectivity index (χ4v) is 3.00. The van der Waals surface area contributed by atoms with Gasteiger partial charge in [0.1, 0.15) is 5.82 Å². The van der Waals surface area contributed by atoms with Gasteiger partial charge >= 0.3 is 0 Å². The third-order valence-corrected chi connectivity index (χ3v) is 4.56. The first kappa shape index (κ1) is 20.6. The zero-order valence-corrected chi connectivity index (χ0v) is 16.5. The van der Waals surface area contributed by atoms with Gasteiger partial charge in [0, 0.05) is 25.0 Å². The molecule has 0 fully saturated rings. The lowest BCUT2D eigenvalue weighted by Crippen LogP contribution is -2.15. The summed E-state index contributed by atoms with van der Waals surface area (Å²) in [7, 11) is 1.58. The van der Waals surface area contributed by atoms with Gasteiger partial charge in [-0.15, -0.1) is 0 Å². The van der Waals surface area contributed by atoms with Crippen LogP contribution in [0, 0.1) is 5.82 Å². The van der Waals surface area contributed by atoms with Gasteiger partial charge in [0.15, 0.2) is 0 Å². The van der Waals surface area contributed by atoms with Gasteiger partial charge in [-0.3, -0.25) is 4.79 Å². The molecule has 5 heteroatoms.